The smallest absolute Gasteiger partial charge is 0.187 e. The van der Waals surface area contributed by atoms with Crippen LogP contribution in [0.1, 0.15) is 10.8 Å². The Morgan fingerprint density at radius 1 is 1.05 bits per heavy atom. The molecule has 0 aliphatic carbocycles. The third-order valence-corrected chi connectivity index (χ3v) is 5.20. The fourth-order valence-corrected chi connectivity index (χ4v) is 3.55. The van der Waals surface area contributed by atoms with Crippen LogP contribution >= 0.6 is 0 Å². The van der Waals surface area contributed by atoms with E-state index in [0.29, 0.717) is 11.3 Å². The van der Waals surface area contributed by atoms with Gasteiger partial charge in [-0.3, -0.25) is 0 Å². The van der Waals surface area contributed by atoms with Crippen molar-refractivity contribution in [1.29, 1.82) is 0 Å². The number of methoxy groups -OCH3 is 1. The van der Waals surface area contributed by atoms with Gasteiger partial charge in [0, 0.05) is 0 Å². The Morgan fingerprint density at radius 2 is 1.65 bits per heavy atom. The van der Waals surface area contributed by atoms with Gasteiger partial charge in [0.25, 0.3) is 0 Å². The third-order valence-electron chi connectivity index (χ3n) is 3.10. The topological polar surface area (TPSA) is 63.6 Å². The molecular formula is C15H16O4S. The molecule has 0 spiro atoms. The number of hydrogen-bond donors (Lipinski definition) is 1. The normalized spacial score (nSPS) is 12.9. The van der Waals surface area contributed by atoms with Crippen LogP contribution in [0.3, 0.4) is 0 Å². The van der Waals surface area contributed by atoms with Crippen LogP contribution < -0.4 is 4.74 Å². The summed E-state index contributed by atoms with van der Waals surface area (Å²) in [4.78, 5) is 0.204. The van der Waals surface area contributed by atoms with Crippen LogP contribution in [0.5, 0.6) is 5.75 Å². The predicted molar refractivity (Wildman–Crippen MR) is 76.4 cm³/mol. The Hall–Kier alpha value is -1.85. The molecule has 106 valence electrons. The van der Waals surface area contributed by atoms with Crippen LogP contribution in [0.4, 0.5) is 0 Å². The van der Waals surface area contributed by atoms with E-state index >= 15 is 0 Å². The van der Waals surface area contributed by atoms with Crippen molar-refractivity contribution < 1.29 is 18.3 Å². The van der Waals surface area contributed by atoms with Gasteiger partial charge in [0.2, 0.25) is 0 Å². The van der Waals surface area contributed by atoms with Crippen molar-refractivity contribution in [3.8, 4) is 5.75 Å². The van der Waals surface area contributed by atoms with E-state index < -0.39 is 21.7 Å². The number of rotatable bonds is 5. The fourth-order valence-electron chi connectivity index (χ4n) is 1.98. The van der Waals surface area contributed by atoms with Crippen molar-refractivity contribution in [2.45, 2.75) is 10.1 Å². The van der Waals surface area contributed by atoms with Gasteiger partial charge in [0.1, 0.15) is 11.0 Å². The molecule has 0 saturated carbocycles. The van der Waals surface area contributed by atoms with Gasteiger partial charge in [-0.25, -0.2) is 8.42 Å². The molecule has 0 aliphatic heterocycles. The zero-order valence-corrected chi connectivity index (χ0v) is 11.9. The molecule has 1 unspecified atom stereocenters. The first-order valence-electron chi connectivity index (χ1n) is 6.13. The Kier molecular flexibility index (Phi) is 4.42. The average Bonchev–Trinajstić information content (AvgIpc) is 2.49. The highest BCUT2D eigenvalue weighted by Gasteiger charge is 2.28. The SMILES string of the molecule is COc1ccc(C(CO)S(=O)(=O)c2ccccc2)cc1. The van der Waals surface area contributed by atoms with E-state index in [4.69, 9.17) is 4.74 Å². The van der Waals surface area contributed by atoms with Crippen molar-refractivity contribution in [3.63, 3.8) is 0 Å². The molecule has 0 aliphatic rings. The summed E-state index contributed by atoms with van der Waals surface area (Å²) < 4.78 is 30.1. The van der Waals surface area contributed by atoms with Gasteiger partial charge in [-0.1, -0.05) is 30.3 Å². The second kappa shape index (κ2) is 6.07. The lowest BCUT2D eigenvalue weighted by atomic mass is 10.1. The zero-order valence-electron chi connectivity index (χ0n) is 11.1. The average molecular weight is 292 g/mol. The van der Waals surface area contributed by atoms with Crippen LogP contribution in [-0.2, 0) is 9.84 Å². The molecule has 0 aromatic heterocycles. The van der Waals surface area contributed by atoms with E-state index in [9.17, 15) is 13.5 Å². The van der Waals surface area contributed by atoms with Gasteiger partial charge >= 0.3 is 0 Å². The second-order valence-electron chi connectivity index (χ2n) is 4.30. The van der Waals surface area contributed by atoms with E-state index in [2.05, 4.69) is 0 Å². The number of benzene rings is 2. The molecule has 0 saturated heterocycles. The van der Waals surface area contributed by atoms with E-state index in [-0.39, 0.29) is 4.90 Å². The van der Waals surface area contributed by atoms with E-state index in [1.165, 1.54) is 12.1 Å². The first kappa shape index (κ1) is 14.6. The molecule has 5 heteroatoms. The Balaban J connectivity index is 2.41. The Labute approximate surface area is 118 Å². The molecule has 2 aromatic carbocycles. The minimum Gasteiger partial charge on any atom is -0.497 e. The fraction of sp³-hybridized carbons (Fsp3) is 0.200. The highest BCUT2D eigenvalue weighted by Crippen LogP contribution is 2.29. The van der Waals surface area contributed by atoms with Crippen molar-refractivity contribution >= 4 is 9.84 Å². The van der Waals surface area contributed by atoms with Gasteiger partial charge in [-0.2, -0.15) is 0 Å². The first-order valence-corrected chi connectivity index (χ1v) is 7.68. The van der Waals surface area contributed by atoms with E-state index in [1.807, 2.05) is 0 Å². The molecule has 2 aromatic rings. The highest BCUT2D eigenvalue weighted by atomic mass is 32.2. The molecule has 4 nitrogen and oxygen atoms in total. The Morgan fingerprint density at radius 3 is 2.15 bits per heavy atom. The first-order chi connectivity index (χ1) is 9.59. The van der Waals surface area contributed by atoms with E-state index in [0.717, 1.165) is 0 Å². The molecule has 2 rings (SSSR count). The summed E-state index contributed by atoms with van der Waals surface area (Å²) in [5.74, 6) is 0.641. The quantitative estimate of drug-likeness (QED) is 0.917. The number of aliphatic hydroxyl groups excluding tert-OH is 1. The summed E-state index contributed by atoms with van der Waals surface area (Å²) in [6.45, 7) is -0.469. The van der Waals surface area contributed by atoms with Crippen LogP contribution in [0.25, 0.3) is 0 Å². The van der Waals surface area contributed by atoms with Gasteiger partial charge in [0.05, 0.1) is 18.6 Å². The van der Waals surface area contributed by atoms with Crippen molar-refractivity contribution in [2.75, 3.05) is 13.7 Å². The summed E-state index contributed by atoms with van der Waals surface area (Å²) in [5, 5.41) is 8.52. The lowest BCUT2D eigenvalue weighted by Gasteiger charge is -2.16. The number of ether oxygens (including phenoxy) is 1. The molecule has 1 atom stereocenters. The lowest BCUT2D eigenvalue weighted by Crippen LogP contribution is -2.17. The Bertz CT molecular complexity index is 648. The molecule has 0 amide bonds. The number of aliphatic hydroxyl groups is 1. The molecule has 1 N–H and O–H groups in total. The van der Waals surface area contributed by atoms with Crippen LogP contribution in [0, 0.1) is 0 Å². The highest BCUT2D eigenvalue weighted by molar-refractivity contribution is 7.91. The van der Waals surface area contributed by atoms with Crippen LogP contribution in [0.2, 0.25) is 0 Å². The van der Waals surface area contributed by atoms with E-state index in [1.54, 1.807) is 49.6 Å². The number of hydrogen-bond acceptors (Lipinski definition) is 4. The molecule has 0 bridgehead atoms. The molecule has 0 heterocycles. The standard InChI is InChI=1S/C15H16O4S/c1-19-13-9-7-12(8-10-13)15(11-16)20(17,18)14-5-3-2-4-6-14/h2-10,15-16H,11H2,1H3. The maximum absolute atomic E-state index is 12.5. The molecule has 20 heavy (non-hydrogen) atoms. The van der Waals surface area contributed by atoms with Gasteiger partial charge in [-0.15, -0.1) is 0 Å². The summed E-state index contributed by atoms with van der Waals surface area (Å²) >= 11 is 0. The maximum atomic E-state index is 12.5. The number of sulfone groups is 1. The summed E-state index contributed by atoms with van der Waals surface area (Å²) in [7, 11) is -2.07. The largest absolute Gasteiger partial charge is 0.497 e. The molecule has 0 fully saturated rings. The zero-order chi connectivity index (χ0) is 14.6. The minimum absolute atomic E-state index is 0.204. The second-order valence-corrected chi connectivity index (χ2v) is 6.43. The summed E-state index contributed by atoms with van der Waals surface area (Å²) in [5.41, 5.74) is 0.539. The van der Waals surface area contributed by atoms with Gasteiger partial charge in [0.15, 0.2) is 9.84 Å². The molecular weight excluding hydrogens is 276 g/mol. The van der Waals surface area contributed by atoms with Gasteiger partial charge < -0.3 is 9.84 Å². The minimum atomic E-state index is -3.61. The summed E-state index contributed by atoms with van der Waals surface area (Å²) in [6.07, 6.45) is 0. The van der Waals surface area contributed by atoms with Gasteiger partial charge in [-0.05, 0) is 29.8 Å². The lowest BCUT2D eigenvalue weighted by molar-refractivity contribution is 0.291. The predicted octanol–water partition coefficient (Wildman–Crippen LogP) is 2.20. The summed E-state index contributed by atoms with van der Waals surface area (Å²) in [6, 6.07) is 14.8. The molecule has 0 radical (unpaired) electrons. The van der Waals surface area contributed by atoms with Crippen molar-refractivity contribution in [3.05, 3.63) is 60.2 Å². The van der Waals surface area contributed by atoms with Crippen LogP contribution in [-0.4, -0.2) is 27.2 Å². The maximum Gasteiger partial charge on any atom is 0.187 e. The monoisotopic (exact) mass is 292 g/mol. The third kappa shape index (κ3) is 2.84. The van der Waals surface area contributed by atoms with Crippen LogP contribution in [0.15, 0.2) is 59.5 Å². The van der Waals surface area contributed by atoms with Crippen molar-refractivity contribution in [2.24, 2.45) is 0 Å². The van der Waals surface area contributed by atoms with Crippen molar-refractivity contribution in [1.82, 2.24) is 0 Å².